The van der Waals surface area contributed by atoms with Gasteiger partial charge in [0.2, 0.25) is 0 Å². The summed E-state index contributed by atoms with van der Waals surface area (Å²) in [4.78, 5) is 0. The Kier molecular flexibility index (Phi) is 4.81. The van der Waals surface area contributed by atoms with Crippen molar-refractivity contribution in [3.63, 3.8) is 0 Å². The predicted molar refractivity (Wildman–Crippen MR) is 81.6 cm³/mol. The fraction of sp³-hybridized carbons (Fsp3) is 0.294. The molecule has 1 N–H and O–H groups in total. The molecule has 0 aliphatic rings. The van der Waals surface area contributed by atoms with E-state index in [2.05, 4.69) is 5.32 Å². The molecule has 2 rings (SSSR count). The second kappa shape index (κ2) is 6.59. The van der Waals surface area contributed by atoms with Gasteiger partial charge in [-0.05, 0) is 37.2 Å². The normalized spacial score (nSPS) is 12.0. The minimum atomic E-state index is -0.213. The van der Waals surface area contributed by atoms with Crippen LogP contribution in [0.2, 0.25) is 0 Å². The molecular formula is C17H20FNO2. The highest BCUT2D eigenvalue weighted by Gasteiger charge is 2.20. The number of halogens is 1. The van der Waals surface area contributed by atoms with E-state index in [9.17, 15) is 4.39 Å². The first-order chi connectivity index (χ1) is 10.1. The Morgan fingerprint density at radius 1 is 1.10 bits per heavy atom. The molecule has 2 aromatic carbocycles. The van der Waals surface area contributed by atoms with E-state index in [0.29, 0.717) is 17.1 Å². The summed E-state index contributed by atoms with van der Waals surface area (Å²) in [5.74, 6) is 1.10. The summed E-state index contributed by atoms with van der Waals surface area (Å²) in [6.07, 6.45) is 0. The lowest BCUT2D eigenvalue weighted by molar-refractivity contribution is 0.349. The minimum Gasteiger partial charge on any atom is -0.493 e. The number of methoxy groups -OCH3 is 2. The predicted octanol–water partition coefficient (Wildman–Crippen LogP) is 3.46. The average molecular weight is 289 g/mol. The molecule has 0 aliphatic heterocycles. The van der Waals surface area contributed by atoms with Crippen LogP contribution in [0.15, 0.2) is 36.4 Å². The van der Waals surface area contributed by atoms with Gasteiger partial charge >= 0.3 is 0 Å². The maximum atomic E-state index is 13.8. The summed E-state index contributed by atoms with van der Waals surface area (Å²) in [7, 11) is 5.03. The standard InChI is InChI=1S/C17H20FNO2/c1-11-8-9-12(10-14(11)18)16(19-2)13-6-5-7-15(20-3)17(13)21-4/h5-10,16,19H,1-4H3. The average Bonchev–Trinajstić information content (AvgIpc) is 2.51. The quantitative estimate of drug-likeness (QED) is 0.914. The topological polar surface area (TPSA) is 30.5 Å². The van der Waals surface area contributed by atoms with Crippen molar-refractivity contribution in [1.29, 1.82) is 0 Å². The van der Waals surface area contributed by atoms with E-state index < -0.39 is 0 Å². The van der Waals surface area contributed by atoms with Gasteiger partial charge in [-0.2, -0.15) is 0 Å². The lowest BCUT2D eigenvalue weighted by atomic mass is 9.96. The largest absolute Gasteiger partial charge is 0.493 e. The fourth-order valence-electron chi connectivity index (χ4n) is 2.43. The summed E-state index contributed by atoms with van der Waals surface area (Å²) >= 11 is 0. The van der Waals surface area contributed by atoms with Crippen LogP contribution in [-0.4, -0.2) is 21.3 Å². The van der Waals surface area contributed by atoms with Crippen molar-refractivity contribution in [3.8, 4) is 11.5 Å². The number of hydrogen-bond acceptors (Lipinski definition) is 3. The van der Waals surface area contributed by atoms with Crippen LogP contribution in [-0.2, 0) is 0 Å². The van der Waals surface area contributed by atoms with Crippen molar-refractivity contribution in [2.45, 2.75) is 13.0 Å². The van der Waals surface area contributed by atoms with Crippen molar-refractivity contribution in [1.82, 2.24) is 5.32 Å². The van der Waals surface area contributed by atoms with E-state index >= 15 is 0 Å². The Hall–Kier alpha value is -2.07. The van der Waals surface area contributed by atoms with Gasteiger partial charge in [-0.15, -0.1) is 0 Å². The Balaban J connectivity index is 2.53. The lowest BCUT2D eigenvalue weighted by Gasteiger charge is -2.21. The monoisotopic (exact) mass is 289 g/mol. The Labute approximate surface area is 124 Å². The molecule has 4 heteroatoms. The molecule has 112 valence electrons. The molecule has 3 nitrogen and oxygen atoms in total. The van der Waals surface area contributed by atoms with Gasteiger partial charge in [-0.1, -0.05) is 24.3 Å². The Morgan fingerprint density at radius 2 is 1.86 bits per heavy atom. The van der Waals surface area contributed by atoms with Crippen molar-refractivity contribution in [2.75, 3.05) is 21.3 Å². The van der Waals surface area contributed by atoms with E-state index in [0.717, 1.165) is 11.1 Å². The van der Waals surface area contributed by atoms with Gasteiger partial charge in [0.15, 0.2) is 11.5 Å². The number of aryl methyl sites for hydroxylation is 1. The molecule has 0 aromatic heterocycles. The number of hydrogen-bond donors (Lipinski definition) is 1. The molecule has 0 spiro atoms. The highest BCUT2D eigenvalue weighted by molar-refractivity contribution is 5.50. The molecule has 0 saturated heterocycles. The van der Waals surface area contributed by atoms with Crippen molar-refractivity contribution in [2.24, 2.45) is 0 Å². The van der Waals surface area contributed by atoms with Crippen LogP contribution in [0.4, 0.5) is 4.39 Å². The molecule has 0 bridgehead atoms. The van der Waals surface area contributed by atoms with Gasteiger partial charge in [0, 0.05) is 5.56 Å². The van der Waals surface area contributed by atoms with E-state index in [1.54, 1.807) is 33.3 Å². The van der Waals surface area contributed by atoms with Crippen molar-refractivity contribution >= 4 is 0 Å². The third-order valence-corrected chi connectivity index (χ3v) is 3.56. The summed E-state index contributed by atoms with van der Waals surface area (Å²) in [6, 6.07) is 10.7. The van der Waals surface area contributed by atoms with E-state index in [4.69, 9.17) is 9.47 Å². The number of ether oxygens (including phenoxy) is 2. The summed E-state index contributed by atoms with van der Waals surface area (Å²) in [5, 5.41) is 3.21. The van der Waals surface area contributed by atoms with Gasteiger partial charge < -0.3 is 14.8 Å². The smallest absolute Gasteiger partial charge is 0.165 e. The molecule has 21 heavy (non-hydrogen) atoms. The molecule has 0 amide bonds. The number of benzene rings is 2. The second-order valence-electron chi connectivity index (χ2n) is 4.81. The first kappa shape index (κ1) is 15.3. The zero-order valence-electron chi connectivity index (χ0n) is 12.7. The fourth-order valence-corrected chi connectivity index (χ4v) is 2.43. The van der Waals surface area contributed by atoms with Crippen LogP contribution in [0, 0.1) is 12.7 Å². The molecule has 2 aromatic rings. The SMILES string of the molecule is CNC(c1ccc(C)c(F)c1)c1cccc(OC)c1OC. The van der Waals surface area contributed by atoms with Crippen molar-refractivity contribution < 1.29 is 13.9 Å². The third kappa shape index (κ3) is 3.00. The highest BCUT2D eigenvalue weighted by atomic mass is 19.1. The molecule has 0 fully saturated rings. The molecular weight excluding hydrogens is 269 g/mol. The van der Waals surface area contributed by atoms with E-state index in [-0.39, 0.29) is 11.9 Å². The summed E-state index contributed by atoms with van der Waals surface area (Å²) in [6.45, 7) is 1.75. The van der Waals surface area contributed by atoms with E-state index in [1.165, 1.54) is 0 Å². The molecule has 1 unspecified atom stereocenters. The number of nitrogens with one attached hydrogen (secondary N) is 1. The molecule has 1 atom stereocenters. The molecule has 0 heterocycles. The van der Waals surface area contributed by atoms with Crippen LogP contribution in [0.25, 0.3) is 0 Å². The van der Waals surface area contributed by atoms with Gasteiger partial charge in [0.25, 0.3) is 0 Å². The minimum absolute atomic E-state index is 0.176. The molecule has 0 radical (unpaired) electrons. The third-order valence-electron chi connectivity index (χ3n) is 3.56. The Bertz CT molecular complexity index is 628. The highest BCUT2D eigenvalue weighted by Crippen LogP contribution is 2.37. The van der Waals surface area contributed by atoms with Gasteiger partial charge in [0.1, 0.15) is 5.82 Å². The number of para-hydroxylation sites is 1. The van der Waals surface area contributed by atoms with Crippen LogP contribution in [0.5, 0.6) is 11.5 Å². The molecule has 0 aliphatic carbocycles. The first-order valence-electron chi connectivity index (χ1n) is 6.76. The van der Waals surface area contributed by atoms with E-state index in [1.807, 2.05) is 31.3 Å². The first-order valence-corrected chi connectivity index (χ1v) is 6.76. The Morgan fingerprint density at radius 3 is 2.43 bits per heavy atom. The maximum absolute atomic E-state index is 13.8. The van der Waals surface area contributed by atoms with Crippen LogP contribution in [0.3, 0.4) is 0 Å². The zero-order valence-corrected chi connectivity index (χ0v) is 12.7. The van der Waals surface area contributed by atoms with Gasteiger partial charge in [-0.3, -0.25) is 0 Å². The van der Waals surface area contributed by atoms with Crippen molar-refractivity contribution in [3.05, 3.63) is 58.9 Å². The lowest BCUT2D eigenvalue weighted by Crippen LogP contribution is -2.19. The van der Waals surface area contributed by atoms with Crippen LogP contribution >= 0.6 is 0 Å². The number of rotatable bonds is 5. The maximum Gasteiger partial charge on any atom is 0.165 e. The van der Waals surface area contributed by atoms with Crippen LogP contribution < -0.4 is 14.8 Å². The second-order valence-corrected chi connectivity index (χ2v) is 4.81. The zero-order chi connectivity index (χ0) is 15.4. The summed E-state index contributed by atoms with van der Waals surface area (Å²) in [5.41, 5.74) is 2.38. The van der Waals surface area contributed by atoms with Gasteiger partial charge in [0.05, 0.1) is 20.3 Å². The van der Waals surface area contributed by atoms with Gasteiger partial charge in [-0.25, -0.2) is 4.39 Å². The molecule has 0 saturated carbocycles. The summed E-state index contributed by atoms with van der Waals surface area (Å²) < 4.78 is 24.6. The van der Waals surface area contributed by atoms with Crippen LogP contribution in [0.1, 0.15) is 22.7 Å².